The lowest BCUT2D eigenvalue weighted by molar-refractivity contribution is 0.0920. The van der Waals surface area contributed by atoms with Crippen LogP contribution in [0.4, 0.5) is 5.69 Å². The summed E-state index contributed by atoms with van der Waals surface area (Å²) in [5.41, 5.74) is 1.56. The van der Waals surface area contributed by atoms with E-state index in [0.29, 0.717) is 33.3 Å². The molecule has 0 spiro atoms. The summed E-state index contributed by atoms with van der Waals surface area (Å²) >= 11 is 5.84. The predicted molar refractivity (Wildman–Crippen MR) is 109 cm³/mol. The van der Waals surface area contributed by atoms with E-state index in [1.54, 1.807) is 79.9 Å². The van der Waals surface area contributed by atoms with Crippen molar-refractivity contribution in [2.75, 3.05) is 19.0 Å². The Bertz CT molecular complexity index is 986. The van der Waals surface area contributed by atoms with E-state index >= 15 is 0 Å². The largest absolute Gasteiger partial charge is 0.497 e. The average Bonchev–Trinajstić information content (AvgIpc) is 2.72. The van der Waals surface area contributed by atoms with Gasteiger partial charge in [-0.1, -0.05) is 29.8 Å². The first-order valence-corrected chi connectivity index (χ1v) is 8.90. The van der Waals surface area contributed by atoms with E-state index in [9.17, 15) is 9.59 Å². The van der Waals surface area contributed by atoms with Crippen LogP contribution in [-0.2, 0) is 0 Å². The molecule has 3 aromatic rings. The van der Waals surface area contributed by atoms with E-state index in [-0.39, 0.29) is 18.3 Å². The molecule has 3 aromatic carbocycles. The van der Waals surface area contributed by atoms with Crippen molar-refractivity contribution in [1.82, 2.24) is 0 Å². The van der Waals surface area contributed by atoms with Gasteiger partial charge in [0.1, 0.15) is 11.5 Å². The minimum Gasteiger partial charge on any atom is -0.497 e. The predicted octanol–water partition coefficient (Wildman–Crippen LogP) is 4.86. The summed E-state index contributed by atoms with van der Waals surface area (Å²) < 4.78 is 10.7. The number of carbonyl (C=O) groups is 2. The van der Waals surface area contributed by atoms with Crippen LogP contribution in [0.1, 0.15) is 20.7 Å². The van der Waals surface area contributed by atoms with Gasteiger partial charge >= 0.3 is 0 Å². The molecule has 1 amide bonds. The summed E-state index contributed by atoms with van der Waals surface area (Å²) in [6.45, 7) is -0.123. The van der Waals surface area contributed by atoms with Crippen molar-refractivity contribution < 1.29 is 19.1 Å². The Labute approximate surface area is 167 Å². The molecule has 3 rings (SSSR count). The third kappa shape index (κ3) is 5.11. The van der Waals surface area contributed by atoms with Crippen LogP contribution in [0.5, 0.6) is 11.5 Å². The van der Waals surface area contributed by atoms with E-state index in [4.69, 9.17) is 21.1 Å². The fourth-order valence-corrected chi connectivity index (χ4v) is 2.62. The zero-order chi connectivity index (χ0) is 19.9. The summed E-state index contributed by atoms with van der Waals surface area (Å²) in [7, 11) is 1.55. The molecule has 0 aliphatic rings. The molecule has 0 bridgehead atoms. The Morgan fingerprint density at radius 1 is 0.893 bits per heavy atom. The number of ether oxygens (including phenoxy) is 2. The minimum absolute atomic E-state index is 0.123. The third-order valence-corrected chi connectivity index (χ3v) is 4.21. The summed E-state index contributed by atoms with van der Waals surface area (Å²) in [5, 5.41) is 3.35. The van der Waals surface area contributed by atoms with Crippen LogP contribution in [-0.4, -0.2) is 25.4 Å². The SMILES string of the molecule is COc1cccc(C(=O)COc2cccc(NC(=O)c3ccc(Cl)cc3)c2)c1. The number of benzene rings is 3. The maximum atomic E-state index is 12.3. The second kappa shape index (κ2) is 9.06. The number of rotatable bonds is 7. The molecule has 28 heavy (non-hydrogen) atoms. The first-order chi connectivity index (χ1) is 13.5. The monoisotopic (exact) mass is 395 g/mol. The van der Waals surface area contributed by atoms with Crippen LogP contribution >= 0.6 is 11.6 Å². The minimum atomic E-state index is -0.263. The van der Waals surface area contributed by atoms with Gasteiger partial charge < -0.3 is 14.8 Å². The smallest absolute Gasteiger partial charge is 0.255 e. The van der Waals surface area contributed by atoms with Gasteiger partial charge in [0.2, 0.25) is 0 Å². The summed E-state index contributed by atoms with van der Waals surface area (Å²) in [6, 6.07) is 20.3. The van der Waals surface area contributed by atoms with Crippen molar-refractivity contribution in [3.63, 3.8) is 0 Å². The highest BCUT2D eigenvalue weighted by molar-refractivity contribution is 6.30. The molecule has 0 fully saturated rings. The standard InChI is InChI=1S/C22H18ClNO4/c1-27-19-6-2-4-16(12-19)21(25)14-28-20-7-3-5-18(13-20)24-22(26)15-8-10-17(23)11-9-15/h2-13H,14H2,1H3,(H,24,26). The zero-order valence-electron chi connectivity index (χ0n) is 15.1. The molecule has 0 atom stereocenters. The fourth-order valence-electron chi connectivity index (χ4n) is 2.50. The van der Waals surface area contributed by atoms with Gasteiger partial charge in [0, 0.05) is 27.9 Å². The van der Waals surface area contributed by atoms with Gasteiger partial charge in [-0.2, -0.15) is 0 Å². The Kier molecular flexibility index (Phi) is 6.29. The summed E-state index contributed by atoms with van der Waals surface area (Å²) in [6.07, 6.45) is 0. The third-order valence-electron chi connectivity index (χ3n) is 3.96. The lowest BCUT2D eigenvalue weighted by Gasteiger charge is -2.09. The van der Waals surface area contributed by atoms with Gasteiger partial charge in [-0.05, 0) is 48.5 Å². The number of carbonyl (C=O) groups excluding carboxylic acids is 2. The second-order valence-corrected chi connectivity index (χ2v) is 6.37. The molecule has 0 saturated heterocycles. The van der Waals surface area contributed by atoms with Crippen LogP contribution < -0.4 is 14.8 Å². The van der Waals surface area contributed by atoms with Gasteiger partial charge in [0.05, 0.1) is 7.11 Å². The normalized spacial score (nSPS) is 10.2. The Morgan fingerprint density at radius 3 is 2.36 bits per heavy atom. The molecule has 0 heterocycles. The molecule has 6 heteroatoms. The van der Waals surface area contributed by atoms with Crippen LogP contribution in [0.25, 0.3) is 0 Å². The number of hydrogen-bond acceptors (Lipinski definition) is 4. The first-order valence-electron chi connectivity index (χ1n) is 8.52. The molecule has 142 valence electrons. The number of hydrogen-bond donors (Lipinski definition) is 1. The average molecular weight is 396 g/mol. The van der Waals surface area contributed by atoms with E-state index < -0.39 is 0 Å². The number of nitrogens with one attached hydrogen (secondary N) is 1. The van der Waals surface area contributed by atoms with Crippen molar-refractivity contribution in [1.29, 1.82) is 0 Å². The van der Waals surface area contributed by atoms with E-state index in [1.807, 2.05) is 0 Å². The maximum Gasteiger partial charge on any atom is 0.255 e. The number of anilines is 1. The highest BCUT2D eigenvalue weighted by Gasteiger charge is 2.10. The maximum absolute atomic E-state index is 12.3. The number of amides is 1. The van der Waals surface area contributed by atoms with E-state index in [2.05, 4.69) is 5.32 Å². The lowest BCUT2D eigenvalue weighted by Crippen LogP contribution is -2.13. The lowest BCUT2D eigenvalue weighted by atomic mass is 10.1. The Hall–Kier alpha value is -3.31. The van der Waals surface area contributed by atoms with Crippen LogP contribution in [0, 0.1) is 0 Å². The summed E-state index contributed by atoms with van der Waals surface area (Å²) in [4.78, 5) is 24.6. The molecule has 0 radical (unpaired) electrons. The molecule has 0 aliphatic carbocycles. The van der Waals surface area contributed by atoms with Gasteiger partial charge in [0.15, 0.2) is 12.4 Å². The zero-order valence-corrected chi connectivity index (χ0v) is 15.9. The molecular weight excluding hydrogens is 378 g/mol. The number of halogens is 1. The van der Waals surface area contributed by atoms with Crippen LogP contribution in [0.2, 0.25) is 5.02 Å². The molecule has 0 aromatic heterocycles. The van der Waals surface area contributed by atoms with Crippen molar-refractivity contribution >= 4 is 29.0 Å². The van der Waals surface area contributed by atoms with Crippen molar-refractivity contribution in [2.24, 2.45) is 0 Å². The van der Waals surface area contributed by atoms with E-state index in [1.165, 1.54) is 0 Å². The van der Waals surface area contributed by atoms with Crippen LogP contribution in [0.15, 0.2) is 72.8 Å². The van der Waals surface area contributed by atoms with Crippen molar-refractivity contribution in [2.45, 2.75) is 0 Å². The fraction of sp³-hybridized carbons (Fsp3) is 0.0909. The first kappa shape index (κ1) is 19.5. The van der Waals surface area contributed by atoms with E-state index in [0.717, 1.165) is 0 Å². The molecule has 5 nitrogen and oxygen atoms in total. The molecule has 0 aliphatic heterocycles. The Morgan fingerprint density at radius 2 is 1.61 bits per heavy atom. The Balaban J connectivity index is 1.62. The van der Waals surface area contributed by atoms with Gasteiger partial charge in [-0.3, -0.25) is 9.59 Å². The van der Waals surface area contributed by atoms with Gasteiger partial charge in [-0.25, -0.2) is 0 Å². The molecular formula is C22H18ClNO4. The number of Topliss-reactive ketones (excluding diaryl/α,β-unsaturated/α-hetero) is 1. The molecule has 0 saturated carbocycles. The highest BCUT2D eigenvalue weighted by Crippen LogP contribution is 2.20. The highest BCUT2D eigenvalue weighted by atomic mass is 35.5. The number of methoxy groups -OCH3 is 1. The molecule has 0 unspecified atom stereocenters. The van der Waals surface area contributed by atoms with Crippen molar-refractivity contribution in [3.8, 4) is 11.5 Å². The number of ketones is 1. The second-order valence-electron chi connectivity index (χ2n) is 5.93. The molecule has 1 N–H and O–H groups in total. The van der Waals surface area contributed by atoms with Gasteiger partial charge in [0.25, 0.3) is 5.91 Å². The van der Waals surface area contributed by atoms with Crippen molar-refractivity contribution in [3.05, 3.63) is 88.9 Å². The summed E-state index contributed by atoms with van der Waals surface area (Å²) in [5.74, 6) is 0.652. The van der Waals surface area contributed by atoms with Gasteiger partial charge in [-0.15, -0.1) is 0 Å². The topological polar surface area (TPSA) is 64.6 Å². The quantitative estimate of drug-likeness (QED) is 0.580. The van der Waals surface area contributed by atoms with Crippen LogP contribution in [0.3, 0.4) is 0 Å².